The maximum atomic E-state index is 11.9. The topological polar surface area (TPSA) is 68.3 Å². The zero-order valence-electron chi connectivity index (χ0n) is 10.5. The van der Waals surface area contributed by atoms with E-state index in [9.17, 15) is 9.59 Å². The molecule has 0 saturated carbocycles. The van der Waals surface area contributed by atoms with Gasteiger partial charge in [-0.15, -0.1) is 22.7 Å². The van der Waals surface area contributed by atoms with Crippen molar-refractivity contribution >= 4 is 51.3 Å². The Kier molecular flexibility index (Phi) is 5.11. The Morgan fingerprint density at radius 3 is 2.90 bits per heavy atom. The highest BCUT2D eigenvalue weighted by Gasteiger charge is 2.14. The predicted octanol–water partition coefficient (Wildman–Crippen LogP) is 3.22. The minimum atomic E-state index is -0.336. The standard InChI is InChI=1S/C12H11ClN2O3S2/c1-2-18-9(16)5-7-6-20-12(14-7)15-11(17)10-8(13)3-4-19-10/h3-4,6H,2,5H2,1H3,(H,14,15,17). The lowest BCUT2D eigenvalue weighted by Crippen LogP contribution is -2.11. The molecule has 2 aromatic heterocycles. The third kappa shape index (κ3) is 3.78. The minimum absolute atomic E-state index is 0.0972. The number of rotatable bonds is 5. The fraction of sp³-hybridized carbons (Fsp3) is 0.250. The Balaban J connectivity index is 1.98. The molecule has 1 N–H and O–H groups in total. The van der Waals surface area contributed by atoms with E-state index in [4.69, 9.17) is 16.3 Å². The number of carbonyl (C=O) groups excluding carboxylic acids is 2. The largest absolute Gasteiger partial charge is 0.466 e. The van der Waals surface area contributed by atoms with E-state index < -0.39 is 0 Å². The van der Waals surface area contributed by atoms with Gasteiger partial charge in [-0.3, -0.25) is 14.9 Å². The van der Waals surface area contributed by atoms with E-state index in [2.05, 4.69) is 10.3 Å². The molecule has 0 unspecified atom stereocenters. The number of amides is 1. The lowest BCUT2D eigenvalue weighted by molar-refractivity contribution is -0.142. The van der Waals surface area contributed by atoms with Crippen molar-refractivity contribution in [2.24, 2.45) is 0 Å². The number of hydrogen-bond acceptors (Lipinski definition) is 6. The SMILES string of the molecule is CCOC(=O)Cc1csc(NC(=O)c2sccc2Cl)n1. The molecule has 0 saturated heterocycles. The summed E-state index contributed by atoms with van der Waals surface area (Å²) >= 11 is 8.39. The summed E-state index contributed by atoms with van der Waals surface area (Å²) < 4.78 is 4.83. The number of hydrogen-bond donors (Lipinski definition) is 1. The highest BCUT2D eigenvalue weighted by molar-refractivity contribution is 7.14. The van der Waals surface area contributed by atoms with Gasteiger partial charge in [-0.05, 0) is 18.4 Å². The molecule has 106 valence electrons. The van der Waals surface area contributed by atoms with Crippen molar-refractivity contribution in [3.05, 3.63) is 32.4 Å². The highest BCUT2D eigenvalue weighted by atomic mass is 35.5. The van der Waals surface area contributed by atoms with E-state index in [1.54, 1.807) is 23.8 Å². The van der Waals surface area contributed by atoms with Crippen LogP contribution in [0.5, 0.6) is 0 Å². The van der Waals surface area contributed by atoms with Crippen LogP contribution in [-0.2, 0) is 16.0 Å². The monoisotopic (exact) mass is 330 g/mol. The third-order valence-corrected chi connectivity index (χ3v) is 4.37. The average molecular weight is 331 g/mol. The summed E-state index contributed by atoms with van der Waals surface area (Å²) in [5, 5.41) is 6.95. The van der Waals surface area contributed by atoms with Crippen LogP contribution in [0.2, 0.25) is 5.02 Å². The lowest BCUT2D eigenvalue weighted by atomic mass is 10.3. The van der Waals surface area contributed by atoms with Gasteiger partial charge in [0, 0.05) is 5.38 Å². The first-order chi connectivity index (χ1) is 9.60. The molecule has 5 nitrogen and oxygen atoms in total. The van der Waals surface area contributed by atoms with Gasteiger partial charge in [-0.25, -0.2) is 4.98 Å². The Morgan fingerprint density at radius 1 is 1.45 bits per heavy atom. The molecule has 0 aromatic carbocycles. The Hall–Kier alpha value is -1.44. The molecule has 1 amide bonds. The van der Waals surface area contributed by atoms with Crippen LogP contribution in [0.25, 0.3) is 0 Å². The molecule has 0 fully saturated rings. The van der Waals surface area contributed by atoms with Gasteiger partial charge >= 0.3 is 5.97 Å². The van der Waals surface area contributed by atoms with Crippen molar-refractivity contribution in [2.45, 2.75) is 13.3 Å². The van der Waals surface area contributed by atoms with Crippen LogP contribution in [0.15, 0.2) is 16.8 Å². The van der Waals surface area contributed by atoms with E-state index >= 15 is 0 Å². The van der Waals surface area contributed by atoms with Gasteiger partial charge in [-0.2, -0.15) is 0 Å². The summed E-state index contributed by atoms with van der Waals surface area (Å²) in [6.07, 6.45) is 0.0972. The molecule has 0 radical (unpaired) electrons. The Morgan fingerprint density at radius 2 is 2.25 bits per heavy atom. The molecule has 8 heteroatoms. The van der Waals surface area contributed by atoms with Crippen LogP contribution >= 0.6 is 34.3 Å². The van der Waals surface area contributed by atoms with Crippen molar-refractivity contribution in [3.63, 3.8) is 0 Å². The number of ether oxygens (including phenoxy) is 1. The van der Waals surface area contributed by atoms with Gasteiger partial charge in [0.05, 0.1) is 23.7 Å². The van der Waals surface area contributed by atoms with Gasteiger partial charge < -0.3 is 4.74 Å². The second-order valence-corrected chi connectivity index (χ2v) is 5.86. The first kappa shape index (κ1) is 15.0. The first-order valence-electron chi connectivity index (χ1n) is 5.74. The number of carbonyl (C=O) groups is 2. The number of thiazole rings is 1. The number of anilines is 1. The Bertz CT molecular complexity index is 624. The molecular weight excluding hydrogens is 320 g/mol. The molecule has 2 rings (SSSR count). The first-order valence-corrected chi connectivity index (χ1v) is 7.88. The van der Waals surface area contributed by atoms with Crippen LogP contribution in [0.4, 0.5) is 5.13 Å². The number of aromatic nitrogens is 1. The van der Waals surface area contributed by atoms with Gasteiger partial charge in [0.2, 0.25) is 0 Å². The zero-order valence-corrected chi connectivity index (χ0v) is 12.9. The minimum Gasteiger partial charge on any atom is -0.466 e. The van der Waals surface area contributed by atoms with E-state index in [0.717, 1.165) is 0 Å². The summed E-state index contributed by atoms with van der Waals surface area (Å²) in [4.78, 5) is 27.8. The van der Waals surface area contributed by atoms with Gasteiger partial charge in [0.1, 0.15) is 4.88 Å². The fourth-order valence-electron chi connectivity index (χ4n) is 1.42. The quantitative estimate of drug-likeness (QED) is 0.855. The number of nitrogens with one attached hydrogen (secondary N) is 1. The number of nitrogens with zero attached hydrogens (tertiary/aromatic N) is 1. The normalized spacial score (nSPS) is 10.3. The summed E-state index contributed by atoms with van der Waals surface area (Å²) in [6.45, 7) is 2.08. The fourth-order valence-corrected chi connectivity index (χ4v) is 3.16. The van der Waals surface area contributed by atoms with Gasteiger partial charge in [0.15, 0.2) is 5.13 Å². The smallest absolute Gasteiger partial charge is 0.311 e. The second kappa shape index (κ2) is 6.83. The van der Waals surface area contributed by atoms with Crippen molar-refractivity contribution in [2.75, 3.05) is 11.9 Å². The van der Waals surface area contributed by atoms with E-state index in [0.29, 0.717) is 27.3 Å². The van der Waals surface area contributed by atoms with Crippen molar-refractivity contribution in [1.29, 1.82) is 0 Å². The number of thiophene rings is 1. The maximum absolute atomic E-state index is 11.9. The number of halogens is 1. The van der Waals surface area contributed by atoms with E-state index in [1.807, 2.05) is 0 Å². The van der Waals surface area contributed by atoms with Crippen LogP contribution < -0.4 is 5.32 Å². The summed E-state index contributed by atoms with van der Waals surface area (Å²) in [5.74, 6) is -0.640. The van der Waals surface area contributed by atoms with Crippen LogP contribution in [0.1, 0.15) is 22.3 Å². The second-order valence-electron chi connectivity index (χ2n) is 3.68. The molecule has 0 aliphatic heterocycles. The molecule has 0 aliphatic carbocycles. The molecule has 2 aromatic rings. The summed E-state index contributed by atoms with van der Waals surface area (Å²) in [5.41, 5.74) is 0.570. The molecular formula is C12H11ClN2O3S2. The van der Waals surface area contributed by atoms with Gasteiger partial charge in [-0.1, -0.05) is 11.6 Å². The van der Waals surface area contributed by atoms with E-state index in [-0.39, 0.29) is 18.3 Å². The average Bonchev–Trinajstić information content (AvgIpc) is 2.99. The molecule has 0 aliphatic rings. The molecule has 2 heterocycles. The molecule has 0 bridgehead atoms. The van der Waals surface area contributed by atoms with E-state index in [1.165, 1.54) is 22.7 Å². The molecule has 20 heavy (non-hydrogen) atoms. The van der Waals surface area contributed by atoms with Crippen molar-refractivity contribution in [1.82, 2.24) is 4.98 Å². The Labute approximate surface area is 128 Å². The van der Waals surface area contributed by atoms with Crippen molar-refractivity contribution in [3.8, 4) is 0 Å². The van der Waals surface area contributed by atoms with Crippen LogP contribution in [-0.4, -0.2) is 23.5 Å². The highest BCUT2D eigenvalue weighted by Crippen LogP contribution is 2.24. The van der Waals surface area contributed by atoms with Gasteiger partial charge in [0.25, 0.3) is 5.91 Å². The van der Waals surface area contributed by atoms with Crippen LogP contribution in [0.3, 0.4) is 0 Å². The summed E-state index contributed by atoms with van der Waals surface area (Å²) in [7, 11) is 0. The predicted molar refractivity (Wildman–Crippen MR) is 79.7 cm³/mol. The summed E-state index contributed by atoms with van der Waals surface area (Å²) in [6, 6.07) is 1.66. The third-order valence-electron chi connectivity index (χ3n) is 2.23. The zero-order chi connectivity index (χ0) is 14.5. The van der Waals surface area contributed by atoms with Crippen LogP contribution in [0, 0.1) is 0 Å². The van der Waals surface area contributed by atoms with Crippen molar-refractivity contribution < 1.29 is 14.3 Å². The maximum Gasteiger partial charge on any atom is 0.311 e. The lowest BCUT2D eigenvalue weighted by Gasteiger charge is -2.00. The molecule has 0 spiro atoms. The molecule has 0 atom stereocenters. The number of esters is 1.